The first-order valence-corrected chi connectivity index (χ1v) is 8.62. The first-order valence-electron chi connectivity index (χ1n) is 7.01. The van der Waals surface area contributed by atoms with Gasteiger partial charge in [0.25, 0.3) is 0 Å². The van der Waals surface area contributed by atoms with E-state index in [0.29, 0.717) is 19.4 Å². The Morgan fingerprint density at radius 3 is 2.50 bits per heavy atom. The maximum Gasteiger partial charge on any atom is 0.240 e. The molecule has 1 rings (SSSR count). The summed E-state index contributed by atoms with van der Waals surface area (Å²) in [6.45, 7) is 4.61. The Balaban J connectivity index is 2.56. The van der Waals surface area contributed by atoms with Crippen LogP contribution in [-0.2, 0) is 11.2 Å². The Hall–Kier alpha value is -0.860. The van der Waals surface area contributed by atoms with Crippen LogP contribution in [0.4, 0.5) is 0 Å². The van der Waals surface area contributed by atoms with Crippen LogP contribution in [0.3, 0.4) is 0 Å². The lowest BCUT2D eigenvalue weighted by molar-refractivity contribution is -0.128. The van der Waals surface area contributed by atoms with Crippen LogP contribution in [0.15, 0.2) is 15.9 Å². The third-order valence-corrected chi connectivity index (χ3v) is 4.97. The molecule has 1 heterocycles. The summed E-state index contributed by atoms with van der Waals surface area (Å²) < 4.78 is 1.10. The van der Waals surface area contributed by atoms with Crippen molar-refractivity contribution >= 4 is 33.2 Å². The normalized spacial score (nSPS) is 11.1. The van der Waals surface area contributed by atoms with Gasteiger partial charge in [0.1, 0.15) is 5.41 Å². The molecule has 3 nitrogen and oxygen atoms in total. The average molecular weight is 357 g/mol. The van der Waals surface area contributed by atoms with Gasteiger partial charge >= 0.3 is 0 Å². The minimum atomic E-state index is -0.848. The summed E-state index contributed by atoms with van der Waals surface area (Å²) in [5.74, 6) is -0.112. The summed E-state index contributed by atoms with van der Waals surface area (Å²) in [4.78, 5) is 13.6. The zero-order valence-corrected chi connectivity index (χ0v) is 14.4. The van der Waals surface area contributed by atoms with E-state index in [0.717, 1.165) is 23.0 Å². The van der Waals surface area contributed by atoms with Gasteiger partial charge in [0.15, 0.2) is 0 Å². The average Bonchev–Trinajstić information content (AvgIpc) is 2.84. The standard InChI is InChI=1S/C15H21BrN2OS/c1-3-8-15(11-17,9-4-2)14(19)18-10-7-12-5-6-13(16)20-12/h5-6H,3-4,7-10H2,1-2H3,(H,18,19). The molecule has 1 aromatic heterocycles. The van der Waals surface area contributed by atoms with Crippen molar-refractivity contribution in [3.8, 4) is 6.07 Å². The number of amides is 1. The predicted molar refractivity (Wildman–Crippen MR) is 86.6 cm³/mol. The van der Waals surface area contributed by atoms with Crippen molar-refractivity contribution in [3.05, 3.63) is 20.8 Å². The third-order valence-electron chi connectivity index (χ3n) is 3.29. The van der Waals surface area contributed by atoms with E-state index in [9.17, 15) is 10.1 Å². The number of thiophene rings is 1. The number of nitrogens with one attached hydrogen (secondary N) is 1. The van der Waals surface area contributed by atoms with Crippen molar-refractivity contribution in [2.75, 3.05) is 6.54 Å². The highest BCUT2D eigenvalue weighted by molar-refractivity contribution is 9.11. The Kier molecular flexibility index (Phi) is 7.25. The molecule has 0 saturated carbocycles. The Morgan fingerprint density at radius 1 is 1.40 bits per heavy atom. The molecule has 110 valence electrons. The van der Waals surface area contributed by atoms with Gasteiger partial charge in [-0.3, -0.25) is 4.79 Å². The Bertz CT molecular complexity index is 472. The van der Waals surface area contributed by atoms with Crippen molar-refractivity contribution in [1.29, 1.82) is 5.26 Å². The van der Waals surface area contributed by atoms with Gasteiger partial charge in [-0.2, -0.15) is 5.26 Å². The number of carbonyl (C=O) groups is 1. The first-order chi connectivity index (χ1) is 9.57. The highest BCUT2D eigenvalue weighted by atomic mass is 79.9. The largest absolute Gasteiger partial charge is 0.354 e. The number of rotatable bonds is 8. The molecular formula is C15H21BrN2OS. The molecule has 1 amide bonds. The van der Waals surface area contributed by atoms with Gasteiger partial charge in [-0.15, -0.1) is 11.3 Å². The zero-order valence-electron chi connectivity index (χ0n) is 12.0. The number of nitrogens with zero attached hydrogens (tertiary/aromatic N) is 1. The minimum absolute atomic E-state index is 0.112. The maximum absolute atomic E-state index is 12.3. The number of hydrogen-bond donors (Lipinski definition) is 1. The molecular weight excluding hydrogens is 336 g/mol. The van der Waals surface area contributed by atoms with Gasteiger partial charge in [-0.25, -0.2) is 0 Å². The van der Waals surface area contributed by atoms with Crippen molar-refractivity contribution in [2.45, 2.75) is 46.0 Å². The molecule has 0 aliphatic rings. The topological polar surface area (TPSA) is 52.9 Å². The van der Waals surface area contributed by atoms with Gasteiger partial charge in [-0.05, 0) is 47.3 Å². The fourth-order valence-corrected chi connectivity index (χ4v) is 3.81. The lowest BCUT2D eigenvalue weighted by Gasteiger charge is -2.24. The molecule has 5 heteroatoms. The van der Waals surface area contributed by atoms with Crippen LogP contribution in [0.1, 0.15) is 44.4 Å². The van der Waals surface area contributed by atoms with Crippen LogP contribution in [0.25, 0.3) is 0 Å². The van der Waals surface area contributed by atoms with E-state index in [1.807, 2.05) is 19.9 Å². The molecule has 0 aliphatic heterocycles. The third kappa shape index (κ3) is 4.60. The second kappa shape index (κ2) is 8.43. The van der Waals surface area contributed by atoms with Crippen LogP contribution in [0, 0.1) is 16.7 Å². The molecule has 0 unspecified atom stereocenters. The minimum Gasteiger partial charge on any atom is -0.354 e. The molecule has 0 aliphatic carbocycles. The van der Waals surface area contributed by atoms with Crippen LogP contribution < -0.4 is 5.32 Å². The van der Waals surface area contributed by atoms with Crippen molar-refractivity contribution < 1.29 is 4.79 Å². The summed E-state index contributed by atoms with van der Waals surface area (Å²) in [6, 6.07) is 6.31. The van der Waals surface area contributed by atoms with Crippen LogP contribution in [0.5, 0.6) is 0 Å². The smallest absolute Gasteiger partial charge is 0.240 e. The van der Waals surface area contributed by atoms with E-state index in [4.69, 9.17) is 0 Å². The van der Waals surface area contributed by atoms with E-state index >= 15 is 0 Å². The van der Waals surface area contributed by atoms with E-state index in [1.165, 1.54) is 4.88 Å². The molecule has 0 saturated heterocycles. The summed E-state index contributed by atoms with van der Waals surface area (Å²) >= 11 is 5.10. The summed E-state index contributed by atoms with van der Waals surface area (Å²) in [7, 11) is 0. The van der Waals surface area contributed by atoms with Crippen LogP contribution >= 0.6 is 27.3 Å². The fraction of sp³-hybridized carbons (Fsp3) is 0.600. The molecule has 0 spiro atoms. The van der Waals surface area contributed by atoms with Crippen molar-refractivity contribution in [1.82, 2.24) is 5.32 Å². The molecule has 20 heavy (non-hydrogen) atoms. The van der Waals surface area contributed by atoms with Gasteiger partial charge in [-0.1, -0.05) is 26.7 Å². The molecule has 0 aromatic carbocycles. The SMILES string of the molecule is CCCC(C#N)(CCC)C(=O)NCCc1ccc(Br)s1. The van der Waals surface area contributed by atoms with Crippen LogP contribution in [0.2, 0.25) is 0 Å². The number of hydrogen-bond acceptors (Lipinski definition) is 3. The summed E-state index contributed by atoms with van der Waals surface area (Å²) in [5.41, 5.74) is -0.848. The Labute approximate surface area is 133 Å². The quantitative estimate of drug-likeness (QED) is 0.755. The maximum atomic E-state index is 12.3. The molecule has 1 N–H and O–H groups in total. The molecule has 0 bridgehead atoms. The number of nitriles is 1. The Morgan fingerprint density at radius 2 is 2.05 bits per heavy atom. The summed E-state index contributed by atoms with van der Waals surface area (Å²) in [6.07, 6.45) is 3.76. The predicted octanol–water partition coefficient (Wildman–Crippen LogP) is 4.28. The van der Waals surface area contributed by atoms with Crippen LogP contribution in [-0.4, -0.2) is 12.5 Å². The molecule has 0 radical (unpaired) electrons. The van der Waals surface area contributed by atoms with Gasteiger partial charge in [0.05, 0.1) is 9.86 Å². The monoisotopic (exact) mass is 356 g/mol. The molecule has 0 fully saturated rings. The van der Waals surface area contributed by atoms with Crippen molar-refractivity contribution in [2.24, 2.45) is 5.41 Å². The second-order valence-corrected chi connectivity index (χ2v) is 7.45. The highest BCUT2D eigenvalue weighted by Crippen LogP contribution is 2.29. The van der Waals surface area contributed by atoms with E-state index < -0.39 is 5.41 Å². The number of carbonyl (C=O) groups excluding carboxylic acids is 1. The van der Waals surface area contributed by atoms with Gasteiger partial charge in [0.2, 0.25) is 5.91 Å². The summed E-state index contributed by atoms with van der Waals surface area (Å²) in [5, 5.41) is 12.3. The van der Waals surface area contributed by atoms with E-state index in [2.05, 4.69) is 33.4 Å². The van der Waals surface area contributed by atoms with Gasteiger partial charge in [0, 0.05) is 11.4 Å². The first kappa shape index (κ1) is 17.2. The highest BCUT2D eigenvalue weighted by Gasteiger charge is 2.36. The number of halogens is 1. The fourth-order valence-electron chi connectivity index (χ4n) is 2.32. The van der Waals surface area contributed by atoms with Gasteiger partial charge < -0.3 is 5.32 Å². The van der Waals surface area contributed by atoms with E-state index in [1.54, 1.807) is 11.3 Å². The molecule has 0 atom stereocenters. The molecule has 1 aromatic rings. The lowest BCUT2D eigenvalue weighted by atomic mass is 9.80. The van der Waals surface area contributed by atoms with Crippen molar-refractivity contribution in [3.63, 3.8) is 0 Å². The second-order valence-electron chi connectivity index (χ2n) is 4.91. The van der Waals surface area contributed by atoms with E-state index in [-0.39, 0.29) is 5.91 Å². The zero-order chi connectivity index (χ0) is 15.0. The lowest BCUT2D eigenvalue weighted by Crippen LogP contribution is -2.40.